The van der Waals surface area contributed by atoms with E-state index in [0.29, 0.717) is 5.02 Å². The van der Waals surface area contributed by atoms with Gasteiger partial charge in [-0.05, 0) is 17.5 Å². The second-order valence-corrected chi connectivity index (χ2v) is 6.02. The van der Waals surface area contributed by atoms with Crippen LogP contribution in [0.3, 0.4) is 0 Å². The maximum Gasteiger partial charge on any atom is 0.305 e. The molecule has 0 spiro atoms. The number of hydrogen-bond donors (Lipinski definition) is 2. The minimum Gasteiger partial charge on any atom is -0.481 e. The molecule has 110 valence electrons. The number of hydrogen-bond acceptors (Lipinski definition) is 4. The molecule has 0 bridgehead atoms. The zero-order valence-electron chi connectivity index (χ0n) is 11.5. The van der Waals surface area contributed by atoms with Crippen LogP contribution in [0.2, 0.25) is 5.02 Å². The average Bonchev–Trinajstić information content (AvgIpc) is 2.25. The van der Waals surface area contributed by atoms with Gasteiger partial charge in [0.1, 0.15) is 5.69 Å². The van der Waals surface area contributed by atoms with Gasteiger partial charge in [0.25, 0.3) is 5.69 Å². The van der Waals surface area contributed by atoms with E-state index >= 15 is 0 Å². The summed E-state index contributed by atoms with van der Waals surface area (Å²) in [7, 11) is 0. The summed E-state index contributed by atoms with van der Waals surface area (Å²) >= 11 is 5.85. The van der Waals surface area contributed by atoms with Crippen molar-refractivity contribution in [2.45, 2.75) is 33.2 Å². The van der Waals surface area contributed by atoms with Crippen molar-refractivity contribution in [1.82, 2.24) is 0 Å². The van der Waals surface area contributed by atoms with Crippen LogP contribution in [-0.2, 0) is 4.79 Å². The second kappa shape index (κ2) is 6.09. The SMILES string of the molecule is CC(C)(C)C(CC(=O)O)Nc1cc(Cl)ccc1[N+](=O)[O-]. The lowest BCUT2D eigenvalue weighted by molar-refractivity contribution is -0.384. The van der Waals surface area contributed by atoms with Gasteiger partial charge in [-0.1, -0.05) is 32.4 Å². The van der Waals surface area contributed by atoms with E-state index in [1.165, 1.54) is 18.2 Å². The number of halogens is 1. The molecule has 0 saturated carbocycles. The van der Waals surface area contributed by atoms with Gasteiger partial charge in [0.15, 0.2) is 0 Å². The minimum atomic E-state index is -0.970. The van der Waals surface area contributed by atoms with Gasteiger partial charge in [0, 0.05) is 17.1 Å². The molecule has 1 unspecified atom stereocenters. The maximum atomic E-state index is 11.0. The highest BCUT2D eigenvalue weighted by Crippen LogP contribution is 2.32. The van der Waals surface area contributed by atoms with Gasteiger partial charge in [-0.3, -0.25) is 14.9 Å². The third kappa shape index (κ3) is 4.38. The van der Waals surface area contributed by atoms with Crippen LogP contribution in [0.15, 0.2) is 18.2 Å². The lowest BCUT2D eigenvalue weighted by atomic mass is 9.84. The van der Waals surface area contributed by atoms with Crippen molar-refractivity contribution in [1.29, 1.82) is 0 Å². The Morgan fingerprint density at radius 3 is 2.55 bits per heavy atom. The van der Waals surface area contributed by atoms with Gasteiger partial charge in [0.05, 0.1) is 11.3 Å². The van der Waals surface area contributed by atoms with E-state index in [1.807, 2.05) is 20.8 Å². The number of benzene rings is 1. The van der Waals surface area contributed by atoms with E-state index < -0.39 is 16.9 Å². The third-order valence-corrected chi connectivity index (χ3v) is 3.14. The Labute approximate surface area is 121 Å². The Morgan fingerprint density at radius 1 is 1.50 bits per heavy atom. The number of nitrogens with one attached hydrogen (secondary N) is 1. The van der Waals surface area contributed by atoms with Crippen LogP contribution >= 0.6 is 11.6 Å². The van der Waals surface area contributed by atoms with E-state index in [-0.39, 0.29) is 23.2 Å². The number of nitro benzene ring substituents is 1. The fourth-order valence-corrected chi connectivity index (χ4v) is 1.89. The molecule has 0 fully saturated rings. The van der Waals surface area contributed by atoms with E-state index in [4.69, 9.17) is 16.7 Å². The lowest BCUT2D eigenvalue weighted by Crippen LogP contribution is -2.36. The summed E-state index contributed by atoms with van der Waals surface area (Å²) in [5.41, 5.74) is -0.285. The van der Waals surface area contributed by atoms with Gasteiger partial charge in [-0.25, -0.2) is 0 Å². The molecule has 1 rings (SSSR count). The summed E-state index contributed by atoms with van der Waals surface area (Å²) in [6, 6.07) is 3.69. The van der Waals surface area contributed by atoms with Crippen molar-refractivity contribution in [3.63, 3.8) is 0 Å². The first kappa shape index (κ1) is 16.2. The largest absolute Gasteiger partial charge is 0.481 e. The van der Waals surface area contributed by atoms with E-state index in [2.05, 4.69) is 5.32 Å². The standard InChI is InChI=1S/C13H17ClN2O4/c1-13(2,3)11(7-12(17)18)15-9-6-8(14)4-5-10(9)16(19)20/h4-6,11,15H,7H2,1-3H3,(H,17,18). The molecule has 1 aromatic carbocycles. The Balaban J connectivity index is 3.13. The first-order chi connectivity index (χ1) is 9.11. The van der Waals surface area contributed by atoms with Crippen LogP contribution in [-0.4, -0.2) is 22.0 Å². The minimum absolute atomic E-state index is 0.131. The second-order valence-electron chi connectivity index (χ2n) is 5.58. The number of anilines is 1. The van der Waals surface area contributed by atoms with Crippen LogP contribution < -0.4 is 5.32 Å². The van der Waals surface area contributed by atoms with Crippen LogP contribution in [0.4, 0.5) is 11.4 Å². The summed E-state index contributed by atoms with van der Waals surface area (Å²) in [5, 5.41) is 23.2. The number of nitrogens with zero attached hydrogens (tertiary/aromatic N) is 1. The zero-order chi connectivity index (χ0) is 15.5. The predicted molar refractivity (Wildman–Crippen MR) is 77.2 cm³/mol. The fraction of sp³-hybridized carbons (Fsp3) is 0.462. The molecule has 0 radical (unpaired) electrons. The van der Waals surface area contributed by atoms with E-state index in [1.54, 1.807) is 0 Å². The maximum absolute atomic E-state index is 11.0. The highest BCUT2D eigenvalue weighted by molar-refractivity contribution is 6.31. The van der Waals surface area contributed by atoms with Crippen molar-refractivity contribution in [2.24, 2.45) is 5.41 Å². The van der Waals surface area contributed by atoms with Gasteiger partial charge in [0.2, 0.25) is 0 Å². The smallest absolute Gasteiger partial charge is 0.305 e. The monoisotopic (exact) mass is 300 g/mol. The molecule has 7 heteroatoms. The number of carboxylic acid groups (broad SMARTS) is 1. The Kier molecular flexibility index (Phi) is 4.94. The number of carboxylic acids is 1. The number of aliphatic carboxylic acids is 1. The Morgan fingerprint density at radius 2 is 2.10 bits per heavy atom. The zero-order valence-corrected chi connectivity index (χ0v) is 12.3. The molecule has 6 nitrogen and oxygen atoms in total. The molecule has 0 saturated heterocycles. The number of carbonyl (C=O) groups is 1. The average molecular weight is 301 g/mol. The van der Waals surface area contributed by atoms with Crippen LogP contribution in [0.1, 0.15) is 27.2 Å². The number of rotatable bonds is 5. The first-order valence-corrected chi connectivity index (χ1v) is 6.41. The molecule has 0 aromatic heterocycles. The molecule has 0 aliphatic rings. The van der Waals surface area contributed by atoms with Gasteiger partial charge < -0.3 is 10.4 Å². The summed E-state index contributed by atoms with van der Waals surface area (Å²) in [5.74, 6) is -0.970. The molecule has 20 heavy (non-hydrogen) atoms. The van der Waals surface area contributed by atoms with Crippen molar-refractivity contribution < 1.29 is 14.8 Å². The summed E-state index contributed by atoms with van der Waals surface area (Å²) in [6.45, 7) is 5.60. The molecule has 1 atom stereocenters. The van der Waals surface area contributed by atoms with Crippen LogP contribution in [0.5, 0.6) is 0 Å². The summed E-state index contributed by atoms with van der Waals surface area (Å²) in [6.07, 6.45) is -0.146. The molecule has 0 aliphatic carbocycles. The van der Waals surface area contributed by atoms with Crippen molar-refractivity contribution in [2.75, 3.05) is 5.32 Å². The molecule has 0 heterocycles. The molecule has 0 aliphatic heterocycles. The number of nitro groups is 1. The van der Waals surface area contributed by atoms with Gasteiger partial charge in [-0.15, -0.1) is 0 Å². The summed E-state index contributed by atoms with van der Waals surface area (Å²) in [4.78, 5) is 21.4. The van der Waals surface area contributed by atoms with Crippen LogP contribution in [0.25, 0.3) is 0 Å². The quantitative estimate of drug-likeness (QED) is 0.641. The molecule has 0 amide bonds. The molecule has 2 N–H and O–H groups in total. The highest BCUT2D eigenvalue weighted by atomic mass is 35.5. The normalized spacial score (nSPS) is 12.8. The molecular formula is C13H17ClN2O4. The fourth-order valence-electron chi connectivity index (χ4n) is 1.72. The first-order valence-electron chi connectivity index (χ1n) is 6.03. The van der Waals surface area contributed by atoms with Gasteiger partial charge >= 0.3 is 5.97 Å². The third-order valence-electron chi connectivity index (χ3n) is 2.91. The Hall–Kier alpha value is -1.82. The molecular weight excluding hydrogens is 284 g/mol. The van der Waals surface area contributed by atoms with Crippen LogP contribution in [0, 0.1) is 15.5 Å². The van der Waals surface area contributed by atoms with Crippen molar-refractivity contribution in [3.8, 4) is 0 Å². The lowest BCUT2D eigenvalue weighted by Gasteiger charge is -2.31. The van der Waals surface area contributed by atoms with Gasteiger partial charge in [-0.2, -0.15) is 0 Å². The summed E-state index contributed by atoms with van der Waals surface area (Å²) < 4.78 is 0. The Bertz CT molecular complexity index is 526. The van der Waals surface area contributed by atoms with E-state index in [0.717, 1.165) is 0 Å². The predicted octanol–water partition coefficient (Wildman–Crippen LogP) is 3.55. The highest BCUT2D eigenvalue weighted by Gasteiger charge is 2.29. The van der Waals surface area contributed by atoms with E-state index in [9.17, 15) is 14.9 Å². The topological polar surface area (TPSA) is 92.5 Å². The molecule has 1 aromatic rings. The van der Waals surface area contributed by atoms with Crippen molar-refractivity contribution >= 4 is 28.9 Å². The van der Waals surface area contributed by atoms with Crippen molar-refractivity contribution in [3.05, 3.63) is 33.3 Å².